The van der Waals surface area contributed by atoms with Crippen molar-refractivity contribution in [1.82, 2.24) is 4.68 Å². The van der Waals surface area contributed by atoms with Crippen LogP contribution in [0, 0.1) is 10.1 Å². The Labute approximate surface area is 199 Å². The fraction of sp³-hybridized carbons (Fsp3) is 0.120. The van der Waals surface area contributed by atoms with Crippen molar-refractivity contribution in [3.05, 3.63) is 104 Å². The zero-order valence-corrected chi connectivity index (χ0v) is 19.1. The summed E-state index contributed by atoms with van der Waals surface area (Å²) >= 11 is 1.47. The Morgan fingerprint density at radius 1 is 1.06 bits per heavy atom. The van der Waals surface area contributed by atoms with Gasteiger partial charge in [-0.15, -0.1) is 11.3 Å². The fourth-order valence-corrected chi connectivity index (χ4v) is 4.36. The molecule has 5 rings (SSSR count). The summed E-state index contributed by atoms with van der Waals surface area (Å²) < 4.78 is 12.7. The lowest BCUT2D eigenvalue weighted by atomic mass is 10.1. The predicted molar refractivity (Wildman–Crippen MR) is 130 cm³/mol. The first-order chi connectivity index (χ1) is 16.6. The van der Waals surface area contributed by atoms with Gasteiger partial charge in [0.2, 0.25) is 11.6 Å². The van der Waals surface area contributed by atoms with Crippen molar-refractivity contribution < 1.29 is 14.4 Å². The van der Waals surface area contributed by atoms with Crippen LogP contribution in [0.1, 0.15) is 18.1 Å². The number of ether oxygens (including phenoxy) is 2. The zero-order valence-electron chi connectivity index (χ0n) is 18.2. The fourth-order valence-electron chi connectivity index (χ4n) is 3.53. The maximum absolute atomic E-state index is 11.1. The molecule has 170 valence electrons. The van der Waals surface area contributed by atoms with E-state index in [2.05, 4.69) is 0 Å². The largest absolute Gasteiger partial charge is 0.454 e. The van der Waals surface area contributed by atoms with Gasteiger partial charge in [0.05, 0.1) is 22.9 Å². The number of thiazole rings is 1. The van der Waals surface area contributed by atoms with Crippen LogP contribution >= 0.6 is 11.3 Å². The average molecular weight is 473 g/mol. The van der Waals surface area contributed by atoms with E-state index in [1.54, 1.807) is 16.8 Å². The van der Waals surface area contributed by atoms with Gasteiger partial charge in [-0.2, -0.15) is 5.10 Å². The Morgan fingerprint density at radius 2 is 1.82 bits per heavy atom. The number of nitro groups is 1. The smallest absolute Gasteiger partial charge is 0.269 e. The molecule has 0 N–H and O–H groups in total. The van der Waals surface area contributed by atoms with E-state index in [9.17, 15) is 10.1 Å². The second-order valence-corrected chi connectivity index (χ2v) is 8.41. The Hall–Kier alpha value is -4.24. The van der Waals surface area contributed by atoms with Crippen LogP contribution < -0.4 is 14.3 Å². The van der Waals surface area contributed by atoms with Crippen molar-refractivity contribution in [2.24, 2.45) is 10.1 Å². The first-order valence-corrected chi connectivity index (χ1v) is 11.4. The van der Waals surface area contributed by atoms with Gasteiger partial charge in [-0.3, -0.25) is 15.1 Å². The molecule has 0 radical (unpaired) electrons. The van der Waals surface area contributed by atoms with E-state index in [4.69, 9.17) is 19.6 Å². The molecule has 1 aliphatic heterocycles. The quantitative estimate of drug-likeness (QED) is 0.218. The first kappa shape index (κ1) is 21.6. The molecule has 8 nitrogen and oxygen atoms in total. The number of fused-ring (bicyclic) bond motifs is 1. The molecule has 0 bridgehead atoms. The van der Waals surface area contributed by atoms with Crippen LogP contribution in [0.15, 0.2) is 88.3 Å². The van der Waals surface area contributed by atoms with Gasteiger partial charge < -0.3 is 9.47 Å². The van der Waals surface area contributed by atoms with Gasteiger partial charge in [0.25, 0.3) is 5.69 Å². The van der Waals surface area contributed by atoms with Gasteiger partial charge in [0.15, 0.2) is 11.5 Å². The molecule has 9 heteroatoms. The summed E-state index contributed by atoms with van der Waals surface area (Å²) in [6.07, 6.45) is 0. The van der Waals surface area contributed by atoms with Crippen molar-refractivity contribution in [3.63, 3.8) is 0 Å². The number of nitrogens with zero attached hydrogens (tertiary/aromatic N) is 4. The Kier molecular flexibility index (Phi) is 5.92. The monoisotopic (exact) mass is 472 g/mol. The number of rotatable bonds is 6. The molecular weight excluding hydrogens is 452 g/mol. The van der Waals surface area contributed by atoms with Crippen LogP contribution in [0.4, 0.5) is 5.69 Å². The van der Waals surface area contributed by atoms with E-state index in [0.717, 1.165) is 32.9 Å². The van der Waals surface area contributed by atoms with Crippen molar-refractivity contribution in [1.29, 1.82) is 0 Å². The van der Waals surface area contributed by atoms with E-state index >= 15 is 0 Å². The normalized spacial score (nSPS) is 13.3. The molecule has 0 saturated heterocycles. The molecule has 1 aliphatic rings. The van der Waals surface area contributed by atoms with E-state index in [0.29, 0.717) is 18.0 Å². The third kappa shape index (κ3) is 4.46. The van der Waals surface area contributed by atoms with Crippen LogP contribution in [0.2, 0.25) is 0 Å². The minimum Gasteiger partial charge on any atom is -0.454 e. The van der Waals surface area contributed by atoms with Crippen LogP contribution in [0.5, 0.6) is 11.5 Å². The summed E-state index contributed by atoms with van der Waals surface area (Å²) in [5.74, 6) is 1.40. The van der Waals surface area contributed by atoms with Gasteiger partial charge in [-0.1, -0.05) is 30.3 Å². The molecular formula is C25H20N4O4S. The highest BCUT2D eigenvalue weighted by atomic mass is 32.1. The molecule has 3 aromatic carbocycles. The Morgan fingerprint density at radius 3 is 2.59 bits per heavy atom. The number of non-ortho nitro benzene ring substituents is 1. The highest BCUT2D eigenvalue weighted by molar-refractivity contribution is 7.07. The van der Waals surface area contributed by atoms with Gasteiger partial charge in [-0.25, -0.2) is 4.68 Å². The van der Waals surface area contributed by atoms with Crippen molar-refractivity contribution in [2.75, 3.05) is 6.79 Å². The van der Waals surface area contributed by atoms with Crippen LogP contribution in [0.25, 0.3) is 11.3 Å². The predicted octanol–water partition coefficient (Wildman–Crippen LogP) is 5.23. The second-order valence-electron chi connectivity index (χ2n) is 7.57. The minimum atomic E-state index is -0.409. The van der Waals surface area contributed by atoms with E-state index < -0.39 is 4.92 Å². The first-order valence-electron chi connectivity index (χ1n) is 10.5. The molecule has 0 aliphatic carbocycles. The van der Waals surface area contributed by atoms with E-state index in [1.165, 1.54) is 23.5 Å². The maximum Gasteiger partial charge on any atom is 0.269 e. The Balaban J connectivity index is 1.58. The lowest BCUT2D eigenvalue weighted by Crippen LogP contribution is -2.14. The second kappa shape index (κ2) is 9.32. The SMILES string of the molecule is CC(=Nn1c(-c2ccc([N+](=O)[O-])cc2)csc1=NCc1ccccc1)c1ccc2c(c1)OCO2. The summed E-state index contributed by atoms with van der Waals surface area (Å²) in [6.45, 7) is 2.64. The molecule has 0 unspecified atom stereocenters. The van der Waals surface area contributed by atoms with Gasteiger partial charge >= 0.3 is 0 Å². The molecule has 0 fully saturated rings. The molecule has 0 atom stereocenters. The third-order valence-corrected chi connectivity index (χ3v) is 6.19. The molecule has 4 aromatic rings. The number of benzene rings is 3. The van der Waals surface area contributed by atoms with E-state index in [1.807, 2.05) is 60.8 Å². The lowest BCUT2D eigenvalue weighted by Gasteiger charge is -2.07. The molecule has 34 heavy (non-hydrogen) atoms. The van der Waals surface area contributed by atoms with Crippen LogP contribution in [-0.2, 0) is 6.54 Å². The summed E-state index contributed by atoms with van der Waals surface area (Å²) in [7, 11) is 0. The van der Waals surface area contributed by atoms with Gasteiger partial charge in [0.1, 0.15) is 0 Å². The van der Waals surface area contributed by atoms with Crippen molar-refractivity contribution in [2.45, 2.75) is 13.5 Å². The van der Waals surface area contributed by atoms with Crippen LogP contribution in [0.3, 0.4) is 0 Å². The summed E-state index contributed by atoms with van der Waals surface area (Å²) in [5, 5.41) is 17.9. The van der Waals surface area contributed by atoms with Gasteiger partial charge in [0, 0.05) is 28.6 Å². The minimum absolute atomic E-state index is 0.0413. The summed E-state index contributed by atoms with van der Waals surface area (Å²) in [6, 6.07) is 22.1. The molecule has 1 aromatic heterocycles. The molecule has 2 heterocycles. The highest BCUT2D eigenvalue weighted by Crippen LogP contribution is 2.32. The zero-order chi connectivity index (χ0) is 23.5. The number of hydrogen-bond donors (Lipinski definition) is 0. The highest BCUT2D eigenvalue weighted by Gasteiger charge is 2.15. The molecule has 0 saturated carbocycles. The number of aromatic nitrogens is 1. The van der Waals surface area contributed by atoms with Crippen molar-refractivity contribution in [3.8, 4) is 22.8 Å². The lowest BCUT2D eigenvalue weighted by molar-refractivity contribution is -0.384. The number of hydrogen-bond acceptors (Lipinski definition) is 7. The maximum atomic E-state index is 11.1. The molecule has 0 amide bonds. The van der Waals surface area contributed by atoms with Crippen LogP contribution in [-0.4, -0.2) is 22.1 Å². The third-order valence-electron chi connectivity index (χ3n) is 5.34. The topological polar surface area (TPSA) is 91.2 Å². The van der Waals surface area contributed by atoms with E-state index in [-0.39, 0.29) is 12.5 Å². The van der Waals surface area contributed by atoms with Crippen molar-refractivity contribution >= 4 is 22.7 Å². The average Bonchev–Trinajstić information content (AvgIpc) is 3.50. The number of nitro benzene ring substituents is 1. The summed E-state index contributed by atoms with van der Waals surface area (Å²) in [5.41, 5.74) is 4.40. The molecule has 0 spiro atoms. The van der Waals surface area contributed by atoms with Gasteiger partial charge in [-0.05, 0) is 42.8 Å². The standard InChI is InChI=1S/C25H20N4O4S/c1-17(20-9-12-23-24(13-20)33-16-32-23)27-28-22(19-7-10-21(11-8-19)29(30)31)15-34-25(28)26-14-18-5-3-2-4-6-18/h2-13,15H,14,16H2,1H3. The summed E-state index contributed by atoms with van der Waals surface area (Å²) in [4.78, 5) is 16.2. The Bertz CT molecular complexity index is 1440.